The van der Waals surface area contributed by atoms with Gasteiger partial charge in [0, 0.05) is 10.5 Å². The summed E-state index contributed by atoms with van der Waals surface area (Å²) in [5, 5.41) is 1.12. The van der Waals surface area contributed by atoms with E-state index in [4.69, 9.17) is 0 Å². The third-order valence-corrected chi connectivity index (χ3v) is 6.07. The summed E-state index contributed by atoms with van der Waals surface area (Å²) in [6.07, 6.45) is 6.70. The van der Waals surface area contributed by atoms with Gasteiger partial charge in [-0.15, -0.1) is 0 Å². The molecule has 0 nitrogen and oxygen atoms in total. The molecule has 0 unspecified atom stereocenters. The molecule has 0 aromatic heterocycles. The molecule has 0 spiro atoms. The van der Waals surface area contributed by atoms with Crippen molar-refractivity contribution in [2.45, 2.75) is 23.3 Å². The van der Waals surface area contributed by atoms with E-state index in [0.29, 0.717) is 10.5 Å². The number of thioether (sulfide) groups is 2. The van der Waals surface area contributed by atoms with Gasteiger partial charge in [-0.25, -0.2) is 0 Å². The van der Waals surface area contributed by atoms with E-state index in [-0.39, 0.29) is 0 Å². The minimum atomic E-state index is 0.561. The molecule has 0 aliphatic heterocycles. The van der Waals surface area contributed by atoms with Gasteiger partial charge in [0.15, 0.2) is 0 Å². The van der Waals surface area contributed by atoms with Gasteiger partial charge in [-0.1, -0.05) is 48.5 Å². The fraction of sp³-hybridized carbons (Fsp3) is 0.333. The second-order valence-corrected chi connectivity index (χ2v) is 7.43. The average Bonchev–Trinajstić information content (AvgIpc) is 2.50. The Morgan fingerprint density at radius 2 is 1.25 bits per heavy atom. The second-order valence-electron chi connectivity index (χ2n) is 5.35. The molecule has 0 radical (unpaired) electrons. The summed E-state index contributed by atoms with van der Waals surface area (Å²) in [6.45, 7) is 0. The van der Waals surface area contributed by atoms with E-state index in [1.54, 1.807) is 0 Å². The molecule has 0 N–H and O–H groups in total. The minimum absolute atomic E-state index is 0.561. The van der Waals surface area contributed by atoms with Gasteiger partial charge in [0.2, 0.25) is 0 Å². The topological polar surface area (TPSA) is 0 Å². The molecule has 0 heterocycles. The number of benzene rings is 2. The molecule has 104 valence electrons. The standard InChI is InChI=1S/C18H20S2/c1-19-17-10-13-5-3-6-14(9-13)11-18(20-2)16-8-4-7-15(17)12-16/h3-9,12,17-18H,10-11H2,1-2H3/t17-,18+. The van der Waals surface area contributed by atoms with E-state index in [0.717, 1.165) is 12.8 Å². The maximum absolute atomic E-state index is 2.42. The molecule has 4 bridgehead atoms. The van der Waals surface area contributed by atoms with Gasteiger partial charge in [-0.2, -0.15) is 23.5 Å². The molecule has 20 heavy (non-hydrogen) atoms. The van der Waals surface area contributed by atoms with Gasteiger partial charge in [0.05, 0.1) is 0 Å². The van der Waals surface area contributed by atoms with Crippen LogP contribution in [0.3, 0.4) is 0 Å². The summed E-state index contributed by atoms with van der Waals surface area (Å²) in [5.41, 5.74) is 5.88. The molecule has 1 aliphatic carbocycles. The van der Waals surface area contributed by atoms with E-state index >= 15 is 0 Å². The Balaban J connectivity index is 2.09. The summed E-state index contributed by atoms with van der Waals surface area (Å²) < 4.78 is 0. The lowest BCUT2D eigenvalue weighted by Crippen LogP contribution is -2.06. The molecule has 2 aromatic carbocycles. The lowest BCUT2D eigenvalue weighted by molar-refractivity contribution is 0.881. The van der Waals surface area contributed by atoms with Crippen molar-refractivity contribution in [2.24, 2.45) is 0 Å². The van der Waals surface area contributed by atoms with Crippen LogP contribution in [0.5, 0.6) is 0 Å². The van der Waals surface area contributed by atoms with Crippen LogP contribution >= 0.6 is 23.5 Å². The first-order valence-corrected chi connectivity index (χ1v) is 9.61. The highest BCUT2D eigenvalue weighted by atomic mass is 32.2. The Morgan fingerprint density at radius 1 is 0.750 bits per heavy atom. The molecular formula is C18H20S2. The first kappa shape index (κ1) is 14.1. The van der Waals surface area contributed by atoms with Crippen LogP contribution in [-0.2, 0) is 12.8 Å². The predicted molar refractivity (Wildman–Crippen MR) is 92.8 cm³/mol. The zero-order chi connectivity index (χ0) is 13.9. The first-order chi connectivity index (χ1) is 9.80. The van der Waals surface area contributed by atoms with Crippen LogP contribution < -0.4 is 0 Å². The Hall–Kier alpha value is -0.860. The molecule has 0 amide bonds. The highest BCUT2D eigenvalue weighted by Gasteiger charge is 2.18. The number of hydrogen-bond donors (Lipinski definition) is 0. The van der Waals surface area contributed by atoms with E-state index in [2.05, 4.69) is 61.0 Å². The van der Waals surface area contributed by atoms with E-state index in [9.17, 15) is 0 Å². The van der Waals surface area contributed by atoms with Crippen LogP contribution in [0, 0.1) is 0 Å². The highest BCUT2D eigenvalue weighted by molar-refractivity contribution is 7.99. The van der Waals surface area contributed by atoms with Gasteiger partial charge >= 0.3 is 0 Å². The Morgan fingerprint density at radius 3 is 1.75 bits per heavy atom. The van der Waals surface area contributed by atoms with Crippen LogP contribution in [0.4, 0.5) is 0 Å². The smallest absolute Gasteiger partial charge is 0.0334 e. The molecule has 0 saturated heterocycles. The lowest BCUT2D eigenvalue weighted by Gasteiger charge is -2.22. The van der Waals surface area contributed by atoms with Crippen molar-refractivity contribution in [1.82, 2.24) is 0 Å². The maximum atomic E-state index is 2.42. The quantitative estimate of drug-likeness (QED) is 0.738. The van der Waals surface area contributed by atoms with Gasteiger partial charge in [-0.3, -0.25) is 0 Å². The predicted octanol–water partition coefficient (Wildman–Crippen LogP) is 5.29. The maximum Gasteiger partial charge on any atom is 0.0334 e. The average molecular weight is 300 g/mol. The number of hydrogen-bond acceptors (Lipinski definition) is 2. The normalized spacial score (nSPS) is 21.5. The van der Waals surface area contributed by atoms with Crippen LogP contribution in [-0.4, -0.2) is 12.5 Å². The molecule has 1 aliphatic rings. The third-order valence-electron chi connectivity index (χ3n) is 4.06. The van der Waals surface area contributed by atoms with Crippen molar-refractivity contribution < 1.29 is 0 Å². The van der Waals surface area contributed by atoms with Crippen molar-refractivity contribution in [3.05, 3.63) is 70.8 Å². The van der Waals surface area contributed by atoms with Crippen molar-refractivity contribution >= 4 is 23.5 Å². The molecular weight excluding hydrogens is 280 g/mol. The highest BCUT2D eigenvalue weighted by Crippen LogP contribution is 2.37. The first-order valence-electron chi connectivity index (χ1n) is 7.03. The number of fused-ring (bicyclic) bond motifs is 4. The van der Waals surface area contributed by atoms with E-state index in [1.165, 1.54) is 22.3 Å². The Bertz CT molecular complexity index is 547. The molecule has 2 atom stereocenters. The van der Waals surface area contributed by atoms with Crippen LogP contribution in [0.1, 0.15) is 32.8 Å². The Labute approximate surface area is 130 Å². The van der Waals surface area contributed by atoms with Gasteiger partial charge in [0.25, 0.3) is 0 Å². The summed E-state index contributed by atoms with van der Waals surface area (Å²) in [4.78, 5) is 0. The van der Waals surface area contributed by atoms with Crippen molar-refractivity contribution in [3.8, 4) is 0 Å². The van der Waals surface area contributed by atoms with E-state index in [1.807, 2.05) is 23.5 Å². The summed E-state index contributed by atoms with van der Waals surface area (Å²) in [5.74, 6) is 0. The monoisotopic (exact) mass is 300 g/mol. The van der Waals surface area contributed by atoms with Crippen molar-refractivity contribution in [3.63, 3.8) is 0 Å². The van der Waals surface area contributed by atoms with Crippen molar-refractivity contribution in [1.29, 1.82) is 0 Å². The zero-order valence-electron chi connectivity index (χ0n) is 12.0. The Kier molecular flexibility index (Phi) is 4.42. The summed E-state index contributed by atoms with van der Waals surface area (Å²) in [6, 6.07) is 18.4. The summed E-state index contributed by atoms with van der Waals surface area (Å²) in [7, 11) is 0. The van der Waals surface area contributed by atoms with Gasteiger partial charge < -0.3 is 0 Å². The zero-order valence-corrected chi connectivity index (χ0v) is 13.6. The summed E-state index contributed by atoms with van der Waals surface area (Å²) >= 11 is 3.92. The lowest BCUT2D eigenvalue weighted by atomic mass is 9.94. The van der Waals surface area contributed by atoms with Crippen molar-refractivity contribution in [2.75, 3.05) is 12.5 Å². The fourth-order valence-electron chi connectivity index (χ4n) is 2.95. The van der Waals surface area contributed by atoms with Gasteiger partial charge in [-0.05, 0) is 47.6 Å². The fourth-order valence-corrected chi connectivity index (χ4v) is 4.50. The molecule has 0 saturated carbocycles. The molecule has 3 rings (SSSR count). The largest absolute Gasteiger partial charge is 0.157 e. The van der Waals surface area contributed by atoms with Crippen LogP contribution in [0.25, 0.3) is 0 Å². The van der Waals surface area contributed by atoms with E-state index < -0.39 is 0 Å². The minimum Gasteiger partial charge on any atom is -0.157 e. The third kappa shape index (κ3) is 2.91. The SMILES string of the molecule is CS[C@H]1Cc2cccc(c2)C[C@@H](SC)c2cccc1c2. The molecule has 2 aromatic rings. The van der Waals surface area contributed by atoms with Crippen LogP contribution in [0.15, 0.2) is 48.5 Å². The van der Waals surface area contributed by atoms with Gasteiger partial charge in [0.1, 0.15) is 0 Å². The molecule has 2 heteroatoms. The number of rotatable bonds is 2. The van der Waals surface area contributed by atoms with Crippen LogP contribution in [0.2, 0.25) is 0 Å². The second kappa shape index (κ2) is 6.28. The molecule has 0 fully saturated rings.